The fourth-order valence-electron chi connectivity index (χ4n) is 3.26. The molecule has 1 aliphatic heterocycles. The Hall–Kier alpha value is -1.42. The fourth-order valence-corrected chi connectivity index (χ4v) is 3.26. The van der Waals surface area contributed by atoms with Crippen molar-refractivity contribution in [1.82, 2.24) is 15.5 Å². The molecule has 0 radical (unpaired) electrons. The van der Waals surface area contributed by atoms with Crippen molar-refractivity contribution in [3.8, 4) is 0 Å². The molecule has 0 unspecified atom stereocenters. The van der Waals surface area contributed by atoms with Crippen LogP contribution in [0.4, 0.5) is 4.39 Å². The number of benzene rings is 1. The first kappa shape index (κ1) is 25.6. The largest absolute Gasteiger partial charge is 0.380 e. The Labute approximate surface area is 190 Å². The Bertz CT molecular complexity index is 658. The van der Waals surface area contributed by atoms with E-state index in [-0.39, 0.29) is 42.3 Å². The monoisotopic (exact) mass is 520 g/mol. The van der Waals surface area contributed by atoms with Gasteiger partial charge in [0.2, 0.25) is 5.91 Å². The Morgan fingerprint density at radius 1 is 1.28 bits per heavy atom. The van der Waals surface area contributed by atoms with E-state index in [0.717, 1.165) is 63.4 Å². The summed E-state index contributed by atoms with van der Waals surface area (Å²) in [5.74, 6) is 0.742. The van der Waals surface area contributed by atoms with Crippen molar-refractivity contribution in [2.45, 2.75) is 52.2 Å². The number of hydrogen-bond donors (Lipinski definition) is 2. The van der Waals surface area contributed by atoms with E-state index in [1.807, 2.05) is 11.8 Å². The van der Waals surface area contributed by atoms with Crippen molar-refractivity contribution in [2.24, 2.45) is 4.99 Å². The van der Waals surface area contributed by atoms with E-state index in [0.29, 0.717) is 18.5 Å². The molecule has 29 heavy (non-hydrogen) atoms. The lowest BCUT2D eigenvalue weighted by atomic mass is 10.1. The van der Waals surface area contributed by atoms with Gasteiger partial charge in [0.1, 0.15) is 5.82 Å². The third kappa shape index (κ3) is 9.29. The minimum Gasteiger partial charge on any atom is -0.380 e. The van der Waals surface area contributed by atoms with Gasteiger partial charge in [-0.2, -0.15) is 0 Å². The quantitative estimate of drug-likeness (QED) is 0.227. The standard InChI is InChI=1S/C21H33FN4O2.HI/c1-3-23-21(24-11-7-13-26-12-6-4-5-8-20(26)27)25-15-17-9-10-19(22)18(14-17)16-28-2;/h9-10,14H,3-8,11-13,15-16H2,1-2H3,(H2,23,24,25);1H. The SMILES string of the molecule is CCNC(=NCc1ccc(F)c(COC)c1)NCCCN1CCCCCC1=O.I. The fraction of sp³-hybridized carbons (Fsp3) is 0.619. The number of ether oxygens (including phenoxy) is 1. The highest BCUT2D eigenvalue weighted by molar-refractivity contribution is 14.0. The molecule has 6 nitrogen and oxygen atoms in total. The van der Waals surface area contributed by atoms with Crippen molar-refractivity contribution in [3.05, 3.63) is 35.1 Å². The second-order valence-corrected chi connectivity index (χ2v) is 7.03. The number of rotatable bonds is 9. The Morgan fingerprint density at radius 2 is 2.10 bits per heavy atom. The van der Waals surface area contributed by atoms with Gasteiger partial charge < -0.3 is 20.3 Å². The zero-order valence-corrected chi connectivity index (χ0v) is 19.8. The molecule has 2 rings (SSSR count). The molecular weight excluding hydrogens is 486 g/mol. The molecule has 164 valence electrons. The van der Waals surface area contributed by atoms with Gasteiger partial charge in [0.25, 0.3) is 0 Å². The van der Waals surface area contributed by atoms with E-state index in [2.05, 4.69) is 15.6 Å². The number of carbonyl (C=O) groups is 1. The molecule has 1 saturated heterocycles. The van der Waals surface area contributed by atoms with E-state index in [9.17, 15) is 9.18 Å². The van der Waals surface area contributed by atoms with Crippen LogP contribution in [0.2, 0.25) is 0 Å². The summed E-state index contributed by atoms with van der Waals surface area (Å²) in [5.41, 5.74) is 1.47. The van der Waals surface area contributed by atoms with Crippen molar-refractivity contribution in [2.75, 3.05) is 33.3 Å². The number of amides is 1. The lowest BCUT2D eigenvalue weighted by molar-refractivity contribution is -0.130. The normalized spacial score (nSPS) is 14.9. The first-order valence-electron chi connectivity index (χ1n) is 10.2. The number of halogens is 2. The van der Waals surface area contributed by atoms with Gasteiger partial charge >= 0.3 is 0 Å². The van der Waals surface area contributed by atoms with Gasteiger partial charge in [0.15, 0.2) is 5.96 Å². The molecule has 1 aromatic rings. The summed E-state index contributed by atoms with van der Waals surface area (Å²) in [7, 11) is 1.55. The Balaban J connectivity index is 0.00000420. The molecule has 0 spiro atoms. The van der Waals surface area contributed by atoms with Gasteiger partial charge in [-0.05, 0) is 43.9 Å². The van der Waals surface area contributed by atoms with Crippen molar-refractivity contribution in [1.29, 1.82) is 0 Å². The smallest absolute Gasteiger partial charge is 0.222 e. The van der Waals surface area contributed by atoms with Crippen LogP contribution in [0.1, 0.15) is 50.2 Å². The second-order valence-electron chi connectivity index (χ2n) is 7.03. The zero-order chi connectivity index (χ0) is 20.2. The number of hydrogen-bond acceptors (Lipinski definition) is 3. The summed E-state index contributed by atoms with van der Waals surface area (Å²) in [5, 5.41) is 6.54. The van der Waals surface area contributed by atoms with E-state index < -0.39 is 0 Å². The van der Waals surface area contributed by atoms with Crippen LogP contribution < -0.4 is 10.6 Å². The maximum Gasteiger partial charge on any atom is 0.222 e. The van der Waals surface area contributed by atoms with E-state index in [1.165, 1.54) is 6.07 Å². The minimum atomic E-state index is -0.261. The molecule has 1 heterocycles. The maximum atomic E-state index is 13.7. The van der Waals surface area contributed by atoms with E-state index >= 15 is 0 Å². The molecule has 1 aromatic carbocycles. The average molecular weight is 520 g/mol. The Kier molecular flexibility index (Phi) is 12.8. The number of carbonyl (C=O) groups excluding carboxylic acids is 1. The van der Waals surface area contributed by atoms with Gasteiger partial charge in [-0.25, -0.2) is 9.38 Å². The molecule has 1 amide bonds. The molecule has 8 heteroatoms. The average Bonchev–Trinajstić information content (AvgIpc) is 2.89. The number of guanidine groups is 1. The summed E-state index contributed by atoms with van der Waals surface area (Å²) in [6, 6.07) is 4.99. The van der Waals surface area contributed by atoms with Crippen LogP contribution in [-0.2, 0) is 22.7 Å². The first-order valence-corrected chi connectivity index (χ1v) is 10.2. The van der Waals surface area contributed by atoms with Crippen molar-refractivity contribution in [3.63, 3.8) is 0 Å². The molecule has 1 aliphatic rings. The number of nitrogens with zero attached hydrogens (tertiary/aromatic N) is 2. The van der Waals surface area contributed by atoms with Crippen LogP contribution in [0.25, 0.3) is 0 Å². The summed E-state index contributed by atoms with van der Waals surface area (Å²) < 4.78 is 18.7. The van der Waals surface area contributed by atoms with Gasteiger partial charge in [-0.15, -0.1) is 24.0 Å². The second kappa shape index (κ2) is 14.5. The summed E-state index contributed by atoms with van der Waals surface area (Å²) in [4.78, 5) is 18.6. The summed E-state index contributed by atoms with van der Waals surface area (Å²) in [6.07, 6.45) is 4.82. The highest BCUT2D eigenvalue weighted by Crippen LogP contribution is 2.13. The lowest BCUT2D eigenvalue weighted by Gasteiger charge is -2.20. The highest BCUT2D eigenvalue weighted by atomic mass is 127. The minimum absolute atomic E-state index is 0. The van der Waals surface area contributed by atoms with Gasteiger partial charge in [-0.3, -0.25) is 4.79 Å². The van der Waals surface area contributed by atoms with E-state index in [1.54, 1.807) is 19.2 Å². The van der Waals surface area contributed by atoms with Crippen LogP contribution >= 0.6 is 24.0 Å². The van der Waals surface area contributed by atoms with Crippen LogP contribution in [0.5, 0.6) is 0 Å². The van der Waals surface area contributed by atoms with Gasteiger partial charge in [0, 0.05) is 45.3 Å². The lowest BCUT2D eigenvalue weighted by Crippen LogP contribution is -2.39. The summed E-state index contributed by atoms with van der Waals surface area (Å²) in [6.45, 7) is 5.88. The van der Waals surface area contributed by atoms with Gasteiger partial charge in [-0.1, -0.05) is 12.5 Å². The highest BCUT2D eigenvalue weighted by Gasteiger charge is 2.15. The Morgan fingerprint density at radius 3 is 2.86 bits per heavy atom. The molecule has 0 saturated carbocycles. The molecule has 1 fully saturated rings. The van der Waals surface area contributed by atoms with Crippen molar-refractivity contribution < 1.29 is 13.9 Å². The number of methoxy groups -OCH3 is 1. The van der Waals surface area contributed by atoms with Crippen molar-refractivity contribution >= 4 is 35.8 Å². The third-order valence-electron chi connectivity index (χ3n) is 4.74. The topological polar surface area (TPSA) is 66.0 Å². The van der Waals surface area contributed by atoms with Crippen LogP contribution in [0.3, 0.4) is 0 Å². The van der Waals surface area contributed by atoms with Crippen LogP contribution in [0, 0.1) is 5.82 Å². The maximum absolute atomic E-state index is 13.7. The predicted octanol–water partition coefficient (Wildman–Crippen LogP) is 3.44. The molecule has 2 N–H and O–H groups in total. The summed E-state index contributed by atoms with van der Waals surface area (Å²) >= 11 is 0. The van der Waals surface area contributed by atoms with Gasteiger partial charge in [0.05, 0.1) is 13.2 Å². The van der Waals surface area contributed by atoms with E-state index in [4.69, 9.17) is 4.74 Å². The first-order chi connectivity index (χ1) is 13.6. The molecule has 0 atom stereocenters. The van der Waals surface area contributed by atoms with Crippen LogP contribution in [0.15, 0.2) is 23.2 Å². The predicted molar refractivity (Wildman–Crippen MR) is 125 cm³/mol. The zero-order valence-electron chi connectivity index (χ0n) is 17.5. The molecule has 0 aromatic heterocycles. The number of likely N-dealkylation sites (tertiary alicyclic amines) is 1. The third-order valence-corrected chi connectivity index (χ3v) is 4.74. The molecule has 0 bridgehead atoms. The molecular formula is C21H34FIN4O2. The number of aliphatic imine (C=N–C) groups is 1. The molecule has 0 aliphatic carbocycles. The number of nitrogens with one attached hydrogen (secondary N) is 2. The van der Waals surface area contributed by atoms with Crippen LogP contribution in [-0.4, -0.2) is 50.1 Å².